The van der Waals surface area contributed by atoms with Crippen molar-refractivity contribution >= 4 is 35.4 Å². The molecule has 130 valence electrons. The van der Waals surface area contributed by atoms with E-state index in [1.807, 2.05) is 12.1 Å². The quantitative estimate of drug-likeness (QED) is 0.430. The summed E-state index contributed by atoms with van der Waals surface area (Å²) in [5.74, 6) is 1.39. The number of carbonyl (C=O) groups is 1. The number of aromatic nitrogens is 7. The smallest absolute Gasteiger partial charge is 0.243 e. The van der Waals surface area contributed by atoms with Gasteiger partial charge in [-0.1, -0.05) is 23.7 Å². The van der Waals surface area contributed by atoms with Gasteiger partial charge in [-0.15, -0.1) is 5.10 Å². The molecule has 4 aromatic rings. The maximum absolute atomic E-state index is 12.0. The van der Waals surface area contributed by atoms with Crippen LogP contribution in [0, 0.1) is 11.7 Å². The van der Waals surface area contributed by atoms with E-state index in [4.69, 9.17) is 23.8 Å². The first-order valence-corrected chi connectivity index (χ1v) is 8.42. The normalized spacial score (nSPS) is 11.2. The van der Waals surface area contributed by atoms with Gasteiger partial charge >= 0.3 is 0 Å². The fraction of sp³-hybridized carbons (Fsp3) is 0.125. The third kappa shape index (κ3) is 2.71. The van der Waals surface area contributed by atoms with Crippen molar-refractivity contribution in [3.63, 3.8) is 0 Å². The molecule has 0 unspecified atom stereocenters. The van der Waals surface area contributed by atoms with Crippen molar-refractivity contribution < 1.29 is 4.79 Å². The predicted octanol–water partition coefficient (Wildman–Crippen LogP) is 3.20. The molecule has 0 aliphatic heterocycles. The molecule has 3 heterocycles. The molecule has 0 saturated carbocycles. The highest BCUT2D eigenvalue weighted by molar-refractivity contribution is 7.71. The molecular formula is C16H12ClN7OS. The highest BCUT2D eigenvalue weighted by Gasteiger charge is 2.19. The zero-order valence-corrected chi connectivity index (χ0v) is 15.3. The van der Waals surface area contributed by atoms with Crippen LogP contribution in [0.15, 0.2) is 30.3 Å². The molecule has 4 rings (SSSR count). The van der Waals surface area contributed by atoms with E-state index >= 15 is 0 Å². The van der Waals surface area contributed by atoms with Crippen molar-refractivity contribution in [3.05, 3.63) is 51.8 Å². The SMILES string of the molecule is CC(=O)c1nn(-c2cc(-c3ccc(Cl)cc3)[nH]n2)c2nc(=S)nc(C)n12. The number of hydrogen-bond donors (Lipinski definition) is 1. The van der Waals surface area contributed by atoms with Crippen LogP contribution in [0.25, 0.3) is 22.9 Å². The lowest BCUT2D eigenvalue weighted by Gasteiger charge is -2.00. The summed E-state index contributed by atoms with van der Waals surface area (Å²) in [5, 5.41) is 12.3. The van der Waals surface area contributed by atoms with Gasteiger partial charge < -0.3 is 0 Å². The number of fused-ring (bicyclic) bond motifs is 1. The Labute approximate surface area is 157 Å². The molecule has 0 fully saturated rings. The van der Waals surface area contributed by atoms with E-state index in [1.54, 1.807) is 29.5 Å². The van der Waals surface area contributed by atoms with Crippen LogP contribution in [0.1, 0.15) is 23.4 Å². The number of rotatable bonds is 3. The van der Waals surface area contributed by atoms with Gasteiger partial charge in [0.25, 0.3) is 0 Å². The first-order chi connectivity index (χ1) is 12.4. The van der Waals surface area contributed by atoms with Crippen LogP contribution in [-0.4, -0.2) is 40.1 Å². The first-order valence-electron chi connectivity index (χ1n) is 7.63. The Morgan fingerprint density at radius 1 is 1.23 bits per heavy atom. The van der Waals surface area contributed by atoms with E-state index in [1.165, 1.54) is 11.6 Å². The second-order valence-corrected chi connectivity index (χ2v) is 6.43. The molecule has 1 aromatic carbocycles. The van der Waals surface area contributed by atoms with Crippen LogP contribution in [0.2, 0.25) is 5.02 Å². The van der Waals surface area contributed by atoms with Gasteiger partial charge in [-0.25, -0.2) is 9.38 Å². The number of carbonyl (C=O) groups excluding carboxylic acids is 1. The Morgan fingerprint density at radius 3 is 2.65 bits per heavy atom. The number of Topliss-reactive ketones (excluding diaryl/α,β-unsaturated/α-hetero) is 1. The number of nitrogens with zero attached hydrogens (tertiary/aromatic N) is 6. The van der Waals surface area contributed by atoms with E-state index in [0.29, 0.717) is 22.4 Å². The van der Waals surface area contributed by atoms with Crippen molar-refractivity contribution in [1.82, 2.24) is 34.3 Å². The summed E-state index contributed by atoms with van der Waals surface area (Å²) in [6, 6.07) is 9.16. The number of H-pyrrole nitrogens is 1. The molecule has 0 radical (unpaired) electrons. The molecule has 0 saturated heterocycles. The van der Waals surface area contributed by atoms with E-state index < -0.39 is 0 Å². The van der Waals surface area contributed by atoms with E-state index in [0.717, 1.165) is 11.3 Å². The van der Waals surface area contributed by atoms with Crippen molar-refractivity contribution in [2.75, 3.05) is 0 Å². The lowest BCUT2D eigenvalue weighted by Crippen LogP contribution is -2.06. The van der Waals surface area contributed by atoms with E-state index in [2.05, 4.69) is 25.3 Å². The summed E-state index contributed by atoms with van der Waals surface area (Å²) in [4.78, 5) is 20.4. The number of benzene rings is 1. The monoisotopic (exact) mass is 385 g/mol. The van der Waals surface area contributed by atoms with E-state index in [9.17, 15) is 4.79 Å². The molecule has 8 nitrogen and oxygen atoms in total. The van der Waals surface area contributed by atoms with E-state index in [-0.39, 0.29) is 16.4 Å². The molecule has 3 aromatic heterocycles. The standard InChI is InChI=1S/C16H12ClN7OS/c1-8(25)14-22-24(16-19-15(26)18-9(2)23(14)16)13-7-12(20-21-13)10-3-5-11(17)6-4-10/h3-7H,1-2H3,(H,20,21). The average Bonchev–Trinajstić information content (AvgIpc) is 3.20. The summed E-state index contributed by atoms with van der Waals surface area (Å²) in [6.07, 6.45) is 0. The zero-order chi connectivity index (χ0) is 18.4. The number of nitrogens with one attached hydrogen (secondary N) is 1. The van der Waals surface area contributed by atoms with Gasteiger partial charge in [0.1, 0.15) is 5.82 Å². The topological polar surface area (TPSA) is 93.8 Å². The van der Waals surface area contributed by atoms with Gasteiger partial charge in [0.05, 0.1) is 5.69 Å². The van der Waals surface area contributed by atoms with Crippen LogP contribution in [0.5, 0.6) is 0 Å². The van der Waals surface area contributed by atoms with Crippen molar-refractivity contribution in [2.24, 2.45) is 0 Å². The maximum atomic E-state index is 12.0. The van der Waals surface area contributed by atoms with Gasteiger partial charge in [0.2, 0.25) is 16.4 Å². The highest BCUT2D eigenvalue weighted by atomic mass is 35.5. The van der Waals surface area contributed by atoms with Gasteiger partial charge in [-0.05, 0) is 36.8 Å². The lowest BCUT2D eigenvalue weighted by molar-refractivity contribution is 0.100. The van der Waals surface area contributed by atoms with Crippen molar-refractivity contribution in [2.45, 2.75) is 13.8 Å². The molecular weight excluding hydrogens is 374 g/mol. The fourth-order valence-corrected chi connectivity index (χ4v) is 2.99. The van der Waals surface area contributed by atoms with Crippen molar-refractivity contribution in [3.8, 4) is 17.1 Å². The Morgan fingerprint density at radius 2 is 1.96 bits per heavy atom. The Balaban J connectivity index is 1.91. The van der Waals surface area contributed by atoms with Crippen LogP contribution >= 0.6 is 23.8 Å². The Kier molecular flexibility index (Phi) is 3.89. The number of aryl methyl sites for hydroxylation is 1. The number of halogens is 1. The second kappa shape index (κ2) is 6.11. The van der Waals surface area contributed by atoms with Crippen LogP contribution in [0.3, 0.4) is 0 Å². The molecule has 0 amide bonds. The van der Waals surface area contributed by atoms with Crippen LogP contribution < -0.4 is 0 Å². The van der Waals surface area contributed by atoms with Gasteiger partial charge in [0.15, 0.2) is 11.6 Å². The molecule has 0 atom stereocenters. The average molecular weight is 386 g/mol. The minimum absolute atomic E-state index is 0.173. The molecule has 10 heteroatoms. The van der Waals surface area contributed by atoms with Crippen molar-refractivity contribution in [1.29, 1.82) is 0 Å². The maximum Gasteiger partial charge on any atom is 0.243 e. The number of hydrogen-bond acceptors (Lipinski definition) is 6. The predicted molar refractivity (Wildman–Crippen MR) is 98.3 cm³/mol. The van der Waals surface area contributed by atoms with Crippen LogP contribution in [0.4, 0.5) is 0 Å². The third-order valence-corrected chi connectivity index (χ3v) is 4.26. The van der Waals surface area contributed by atoms with Gasteiger partial charge in [-0.3, -0.25) is 9.89 Å². The lowest BCUT2D eigenvalue weighted by atomic mass is 10.1. The molecule has 0 aliphatic carbocycles. The molecule has 1 N–H and O–H groups in total. The molecule has 0 aliphatic rings. The Hall–Kier alpha value is -2.91. The summed E-state index contributed by atoms with van der Waals surface area (Å²) in [7, 11) is 0. The summed E-state index contributed by atoms with van der Waals surface area (Å²) in [5.41, 5.74) is 1.69. The second-order valence-electron chi connectivity index (χ2n) is 5.63. The molecule has 0 spiro atoms. The molecule has 26 heavy (non-hydrogen) atoms. The zero-order valence-electron chi connectivity index (χ0n) is 13.8. The van der Waals surface area contributed by atoms with Crippen LogP contribution in [-0.2, 0) is 0 Å². The third-order valence-electron chi connectivity index (χ3n) is 3.82. The minimum Gasteiger partial charge on any atom is -0.291 e. The highest BCUT2D eigenvalue weighted by Crippen LogP contribution is 2.22. The fourth-order valence-electron chi connectivity index (χ4n) is 2.65. The van der Waals surface area contributed by atoms with Gasteiger partial charge in [0, 0.05) is 18.0 Å². The minimum atomic E-state index is -0.212. The summed E-state index contributed by atoms with van der Waals surface area (Å²) < 4.78 is 3.21. The first kappa shape index (κ1) is 16.6. The largest absolute Gasteiger partial charge is 0.291 e. The van der Waals surface area contributed by atoms with Gasteiger partial charge in [-0.2, -0.15) is 14.8 Å². The Bertz CT molecular complexity index is 1210. The number of ketones is 1. The molecule has 0 bridgehead atoms. The number of aromatic amines is 1. The summed E-state index contributed by atoms with van der Waals surface area (Å²) >= 11 is 11.0. The summed E-state index contributed by atoms with van der Waals surface area (Å²) in [6.45, 7) is 3.18.